The van der Waals surface area contributed by atoms with E-state index in [1.54, 1.807) is 17.5 Å². The minimum absolute atomic E-state index is 0.130. The van der Waals surface area contributed by atoms with Crippen LogP contribution in [0.3, 0.4) is 0 Å². The number of nitrogen functional groups attached to an aromatic ring is 1. The predicted octanol–water partition coefficient (Wildman–Crippen LogP) is 1.26. The number of aromatic nitrogens is 1. The third-order valence-corrected chi connectivity index (χ3v) is 3.26. The van der Waals surface area contributed by atoms with Gasteiger partial charge in [-0.05, 0) is 18.6 Å². The number of benzene rings is 1. The van der Waals surface area contributed by atoms with Gasteiger partial charge in [-0.3, -0.25) is 9.59 Å². The van der Waals surface area contributed by atoms with Gasteiger partial charge in [0.05, 0.1) is 12.1 Å². The number of H-pyrrole nitrogens is 1. The summed E-state index contributed by atoms with van der Waals surface area (Å²) in [7, 11) is 0. The largest absolute Gasteiger partial charge is 0.398 e. The average molecular weight is 263 g/mol. The molecule has 6 heteroatoms. The Labute approximate surface area is 108 Å². The van der Waals surface area contributed by atoms with E-state index < -0.39 is 0 Å². The summed E-state index contributed by atoms with van der Waals surface area (Å²) in [6, 6.07) is 5.32. The molecule has 2 aromatic rings. The summed E-state index contributed by atoms with van der Waals surface area (Å²) < 4.78 is 0. The van der Waals surface area contributed by atoms with Gasteiger partial charge in [-0.15, -0.1) is 0 Å². The van der Waals surface area contributed by atoms with E-state index in [9.17, 15) is 9.59 Å². The number of hydrogen-bond acceptors (Lipinski definition) is 4. The Morgan fingerprint density at radius 3 is 2.89 bits per heavy atom. The van der Waals surface area contributed by atoms with E-state index >= 15 is 0 Å². The molecule has 0 saturated heterocycles. The molecule has 4 N–H and O–H groups in total. The highest BCUT2D eigenvalue weighted by Gasteiger charge is 2.12. The van der Waals surface area contributed by atoms with Gasteiger partial charge in [-0.1, -0.05) is 23.5 Å². The van der Waals surface area contributed by atoms with Gasteiger partial charge in [0, 0.05) is 16.8 Å². The third kappa shape index (κ3) is 2.60. The van der Waals surface area contributed by atoms with Crippen LogP contribution in [0.1, 0.15) is 21.6 Å². The summed E-state index contributed by atoms with van der Waals surface area (Å²) in [5.41, 5.74) is 8.22. The zero-order valence-corrected chi connectivity index (χ0v) is 10.6. The summed E-state index contributed by atoms with van der Waals surface area (Å²) in [4.78, 5) is 25.4. The lowest BCUT2D eigenvalue weighted by Crippen LogP contribution is -2.25. The molecule has 2 rings (SSSR count). The monoisotopic (exact) mass is 263 g/mol. The van der Waals surface area contributed by atoms with Crippen LogP contribution in [0.15, 0.2) is 28.4 Å². The molecule has 0 fully saturated rings. The van der Waals surface area contributed by atoms with Gasteiger partial charge in [0.2, 0.25) is 0 Å². The smallest absolute Gasteiger partial charge is 0.304 e. The molecule has 0 spiro atoms. The standard InChI is InChI=1S/C12H13N3O2S/c1-7-3-2-4-9(13)10(7)11(16)14-5-8-6-18-12(17)15-8/h2-4,6H,5,13H2,1H3,(H,14,16)(H,15,17). The average Bonchev–Trinajstić information content (AvgIpc) is 2.72. The van der Waals surface area contributed by atoms with Crippen LogP contribution in [0.25, 0.3) is 0 Å². The molecule has 18 heavy (non-hydrogen) atoms. The second-order valence-corrected chi connectivity index (χ2v) is 4.74. The van der Waals surface area contributed by atoms with Crippen LogP contribution < -0.4 is 15.9 Å². The lowest BCUT2D eigenvalue weighted by atomic mass is 10.1. The first-order valence-corrected chi connectivity index (χ1v) is 6.26. The molecule has 1 heterocycles. The third-order valence-electron chi connectivity index (χ3n) is 2.54. The maximum atomic E-state index is 12.0. The van der Waals surface area contributed by atoms with Gasteiger partial charge in [-0.2, -0.15) is 0 Å². The first kappa shape index (κ1) is 12.4. The normalized spacial score (nSPS) is 10.3. The number of rotatable bonds is 3. The van der Waals surface area contributed by atoms with Crippen LogP contribution in [-0.4, -0.2) is 10.9 Å². The van der Waals surface area contributed by atoms with Crippen LogP contribution >= 0.6 is 11.3 Å². The van der Waals surface area contributed by atoms with E-state index in [0.717, 1.165) is 16.9 Å². The van der Waals surface area contributed by atoms with Crippen LogP contribution in [0.5, 0.6) is 0 Å². The van der Waals surface area contributed by atoms with E-state index in [-0.39, 0.29) is 17.3 Å². The highest BCUT2D eigenvalue weighted by Crippen LogP contribution is 2.15. The number of thiazole rings is 1. The van der Waals surface area contributed by atoms with Crippen LogP contribution in [0, 0.1) is 6.92 Å². The van der Waals surface area contributed by atoms with E-state index in [2.05, 4.69) is 10.3 Å². The Bertz CT molecular complexity index is 610. The van der Waals surface area contributed by atoms with E-state index in [1.807, 2.05) is 13.0 Å². The molecular weight excluding hydrogens is 250 g/mol. The second-order valence-electron chi connectivity index (χ2n) is 3.90. The Balaban J connectivity index is 2.11. The Morgan fingerprint density at radius 2 is 2.28 bits per heavy atom. The zero-order valence-electron chi connectivity index (χ0n) is 9.82. The van der Waals surface area contributed by atoms with E-state index in [4.69, 9.17) is 5.73 Å². The number of aromatic amines is 1. The summed E-state index contributed by atoms with van der Waals surface area (Å²) in [6.07, 6.45) is 0. The summed E-state index contributed by atoms with van der Waals surface area (Å²) in [5.74, 6) is -0.238. The minimum atomic E-state index is -0.238. The summed E-state index contributed by atoms with van der Waals surface area (Å²) in [5, 5.41) is 4.41. The topological polar surface area (TPSA) is 88.0 Å². The maximum absolute atomic E-state index is 12.0. The highest BCUT2D eigenvalue weighted by molar-refractivity contribution is 7.07. The highest BCUT2D eigenvalue weighted by atomic mass is 32.1. The second kappa shape index (κ2) is 5.05. The number of amides is 1. The molecule has 5 nitrogen and oxygen atoms in total. The van der Waals surface area contributed by atoms with Crippen molar-refractivity contribution in [1.82, 2.24) is 10.3 Å². The van der Waals surface area contributed by atoms with Gasteiger partial charge < -0.3 is 16.0 Å². The number of carbonyl (C=O) groups is 1. The fraction of sp³-hybridized carbons (Fsp3) is 0.167. The van der Waals surface area contributed by atoms with Crippen molar-refractivity contribution in [3.05, 3.63) is 50.1 Å². The molecule has 94 valence electrons. The van der Waals surface area contributed by atoms with Gasteiger partial charge in [0.15, 0.2) is 0 Å². The molecule has 1 aromatic heterocycles. The molecule has 0 aliphatic carbocycles. The minimum Gasteiger partial charge on any atom is -0.398 e. The fourth-order valence-corrected chi connectivity index (χ4v) is 2.25. The predicted molar refractivity (Wildman–Crippen MR) is 71.7 cm³/mol. The van der Waals surface area contributed by atoms with Crippen molar-refractivity contribution in [1.29, 1.82) is 0 Å². The van der Waals surface area contributed by atoms with Crippen molar-refractivity contribution in [2.24, 2.45) is 0 Å². The molecule has 0 aliphatic rings. The van der Waals surface area contributed by atoms with E-state index in [1.165, 1.54) is 0 Å². The first-order valence-electron chi connectivity index (χ1n) is 5.38. The number of anilines is 1. The van der Waals surface area contributed by atoms with Crippen molar-refractivity contribution < 1.29 is 4.79 Å². The Hall–Kier alpha value is -2.08. The number of nitrogens with one attached hydrogen (secondary N) is 2. The van der Waals surface area contributed by atoms with Gasteiger partial charge in [0.25, 0.3) is 5.91 Å². The van der Waals surface area contributed by atoms with Crippen molar-refractivity contribution in [3.8, 4) is 0 Å². The van der Waals surface area contributed by atoms with Crippen molar-refractivity contribution in [2.45, 2.75) is 13.5 Å². The van der Waals surface area contributed by atoms with Crippen LogP contribution in [-0.2, 0) is 6.54 Å². The molecule has 0 saturated carbocycles. The van der Waals surface area contributed by atoms with Gasteiger partial charge in [0.1, 0.15) is 0 Å². The van der Waals surface area contributed by atoms with Crippen molar-refractivity contribution in [2.75, 3.05) is 5.73 Å². The number of carbonyl (C=O) groups excluding carboxylic acids is 1. The first-order chi connectivity index (χ1) is 8.58. The molecule has 0 radical (unpaired) electrons. The number of hydrogen-bond donors (Lipinski definition) is 3. The SMILES string of the molecule is Cc1cccc(N)c1C(=O)NCc1csc(=O)[nH]1. The molecule has 1 amide bonds. The quantitative estimate of drug-likeness (QED) is 0.728. The summed E-state index contributed by atoms with van der Waals surface area (Å²) in [6.45, 7) is 2.11. The molecule has 1 aromatic carbocycles. The lowest BCUT2D eigenvalue weighted by Gasteiger charge is -2.09. The van der Waals surface area contributed by atoms with E-state index in [0.29, 0.717) is 16.9 Å². The van der Waals surface area contributed by atoms with Crippen LogP contribution in [0.2, 0.25) is 0 Å². The van der Waals surface area contributed by atoms with Crippen molar-refractivity contribution >= 4 is 22.9 Å². The van der Waals surface area contributed by atoms with Gasteiger partial charge >= 0.3 is 4.87 Å². The molecule has 0 unspecified atom stereocenters. The fourth-order valence-electron chi connectivity index (χ4n) is 1.67. The zero-order chi connectivity index (χ0) is 13.1. The molecule has 0 bridgehead atoms. The summed E-state index contributed by atoms with van der Waals surface area (Å²) >= 11 is 1.07. The Kier molecular flexibility index (Phi) is 3.47. The van der Waals surface area contributed by atoms with Crippen LogP contribution in [0.4, 0.5) is 5.69 Å². The molecule has 0 aliphatic heterocycles. The van der Waals surface area contributed by atoms with Gasteiger partial charge in [-0.25, -0.2) is 0 Å². The van der Waals surface area contributed by atoms with Crippen molar-refractivity contribution in [3.63, 3.8) is 0 Å². The number of aryl methyl sites for hydroxylation is 1. The molecular formula is C12H13N3O2S. The lowest BCUT2D eigenvalue weighted by molar-refractivity contribution is 0.0951. The number of nitrogens with two attached hydrogens (primary N) is 1. The molecule has 0 atom stereocenters. The Morgan fingerprint density at radius 1 is 1.50 bits per heavy atom. The maximum Gasteiger partial charge on any atom is 0.304 e.